The molecule has 0 aliphatic carbocycles. The Hall–Kier alpha value is -1.51. The summed E-state index contributed by atoms with van der Waals surface area (Å²) in [6.45, 7) is 6.28. The number of para-hydroxylation sites is 1. The third-order valence-electron chi connectivity index (χ3n) is 2.31. The minimum atomic E-state index is 0.0343. The molecule has 0 aliphatic heterocycles. The molecule has 1 aromatic carbocycles. The Bertz CT molecular complexity index is 350. The maximum atomic E-state index is 11.1. The molecule has 3 nitrogen and oxygen atoms in total. The average molecular weight is 221 g/mol. The summed E-state index contributed by atoms with van der Waals surface area (Å²) < 4.78 is 5.63. The average Bonchev–Trinajstić information content (AvgIpc) is 2.28. The Labute approximate surface area is 96.8 Å². The van der Waals surface area contributed by atoms with E-state index in [1.54, 1.807) is 0 Å². The topological polar surface area (TPSA) is 38.3 Å². The number of hydrogen-bond acceptors (Lipinski definition) is 2. The highest BCUT2D eigenvalue weighted by Crippen LogP contribution is 2.16. The first-order chi connectivity index (χ1) is 7.63. The van der Waals surface area contributed by atoms with Crippen molar-refractivity contribution in [2.75, 3.05) is 6.61 Å². The Morgan fingerprint density at radius 1 is 1.44 bits per heavy atom. The fraction of sp³-hybridized carbons (Fsp3) is 0.462. The summed E-state index contributed by atoms with van der Waals surface area (Å²) in [4.78, 5) is 11.1. The van der Waals surface area contributed by atoms with Gasteiger partial charge in [0.05, 0.1) is 6.04 Å². The number of carbonyl (C=O) groups is 1. The van der Waals surface area contributed by atoms with Gasteiger partial charge in [0.25, 0.3) is 0 Å². The van der Waals surface area contributed by atoms with Gasteiger partial charge in [-0.3, -0.25) is 4.79 Å². The lowest BCUT2D eigenvalue weighted by Crippen LogP contribution is -2.36. The van der Waals surface area contributed by atoms with Crippen molar-refractivity contribution in [3.63, 3.8) is 0 Å². The van der Waals surface area contributed by atoms with Gasteiger partial charge in [-0.05, 0) is 25.5 Å². The van der Waals surface area contributed by atoms with Gasteiger partial charge in [0.2, 0.25) is 5.91 Å². The van der Waals surface area contributed by atoms with Gasteiger partial charge in [0.15, 0.2) is 0 Å². The van der Waals surface area contributed by atoms with Gasteiger partial charge in [-0.2, -0.15) is 0 Å². The van der Waals surface area contributed by atoms with Crippen LogP contribution in [0.1, 0.15) is 25.8 Å². The van der Waals surface area contributed by atoms with Crippen molar-refractivity contribution in [2.24, 2.45) is 0 Å². The zero-order valence-electron chi connectivity index (χ0n) is 10.1. The second-order valence-corrected chi connectivity index (χ2v) is 3.90. The third-order valence-corrected chi connectivity index (χ3v) is 2.31. The molecular weight excluding hydrogens is 202 g/mol. The van der Waals surface area contributed by atoms with E-state index in [9.17, 15) is 4.79 Å². The Morgan fingerprint density at radius 2 is 2.12 bits per heavy atom. The lowest BCUT2D eigenvalue weighted by molar-refractivity contribution is -0.121. The van der Waals surface area contributed by atoms with Crippen molar-refractivity contribution < 1.29 is 9.53 Å². The molecule has 0 spiro atoms. The minimum Gasteiger partial charge on any atom is -0.491 e. The third kappa shape index (κ3) is 3.93. The Kier molecular flexibility index (Phi) is 4.83. The molecule has 1 aromatic rings. The second-order valence-electron chi connectivity index (χ2n) is 3.90. The number of nitrogens with one attached hydrogen (secondary N) is 1. The fourth-order valence-corrected chi connectivity index (χ4v) is 1.35. The quantitative estimate of drug-likeness (QED) is 0.828. The van der Waals surface area contributed by atoms with Crippen LogP contribution in [0.5, 0.6) is 5.75 Å². The largest absolute Gasteiger partial charge is 0.491 e. The smallest absolute Gasteiger partial charge is 0.220 e. The molecule has 0 aromatic heterocycles. The van der Waals surface area contributed by atoms with Crippen molar-refractivity contribution in [3.8, 4) is 5.75 Å². The zero-order valence-corrected chi connectivity index (χ0v) is 10.1. The molecule has 0 radical (unpaired) electrons. The Balaban J connectivity index is 2.40. The van der Waals surface area contributed by atoms with Crippen molar-refractivity contribution in [1.82, 2.24) is 5.32 Å². The maximum absolute atomic E-state index is 11.1. The molecule has 0 bridgehead atoms. The molecule has 88 valence electrons. The van der Waals surface area contributed by atoms with Crippen LogP contribution in [0.15, 0.2) is 24.3 Å². The van der Waals surface area contributed by atoms with Gasteiger partial charge in [0.1, 0.15) is 12.4 Å². The molecular formula is C13H19NO2. The van der Waals surface area contributed by atoms with E-state index in [4.69, 9.17) is 4.74 Å². The lowest BCUT2D eigenvalue weighted by Gasteiger charge is -2.15. The van der Waals surface area contributed by atoms with E-state index >= 15 is 0 Å². The molecule has 0 saturated heterocycles. The van der Waals surface area contributed by atoms with Crippen LogP contribution < -0.4 is 10.1 Å². The number of rotatable bonds is 5. The van der Waals surface area contributed by atoms with Crippen LogP contribution in [0.25, 0.3) is 0 Å². The van der Waals surface area contributed by atoms with Crippen molar-refractivity contribution in [3.05, 3.63) is 29.8 Å². The van der Waals surface area contributed by atoms with Crippen LogP contribution in [-0.4, -0.2) is 18.6 Å². The molecule has 1 rings (SSSR count). The number of aryl methyl sites for hydroxylation is 1. The predicted molar refractivity (Wildman–Crippen MR) is 64.6 cm³/mol. The first-order valence-corrected chi connectivity index (χ1v) is 5.61. The molecule has 1 atom stereocenters. The van der Waals surface area contributed by atoms with Gasteiger partial charge in [-0.15, -0.1) is 0 Å². The second kappa shape index (κ2) is 6.16. The predicted octanol–water partition coefficient (Wildman–Crippen LogP) is 2.29. The Morgan fingerprint density at radius 3 is 2.75 bits per heavy atom. The minimum absolute atomic E-state index is 0.0343. The van der Waals surface area contributed by atoms with Gasteiger partial charge in [0, 0.05) is 6.42 Å². The van der Waals surface area contributed by atoms with E-state index < -0.39 is 0 Å². The zero-order chi connectivity index (χ0) is 12.0. The maximum Gasteiger partial charge on any atom is 0.220 e. The molecule has 1 N–H and O–H groups in total. The molecule has 0 fully saturated rings. The van der Waals surface area contributed by atoms with Crippen LogP contribution in [0.4, 0.5) is 0 Å². The summed E-state index contributed by atoms with van der Waals surface area (Å²) >= 11 is 0. The molecule has 0 unspecified atom stereocenters. The highest BCUT2D eigenvalue weighted by Gasteiger charge is 2.06. The van der Waals surface area contributed by atoms with Gasteiger partial charge < -0.3 is 10.1 Å². The van der Waals surface area contributed by atoms with Crippen molar-refractivity contribution >= 4 is 5.91 Å². The van der Waals surface area contributed by atoms with E-state index in [0.29, 0.717) is 13.0 Å². The normalized spacial score (nSPS) is 11.9. The number of amides is 1. The fourth-order valence-electron chi connectivity index (χ4n) is 1.35. The summed E-state index contributed by atoms with van der Waals surface area (Å²) in [5, 5.41) is 2.86. The van der Waals surface area contributed by atoms with Crippen LogP contribution >= 0.6 is 0 Å². The summed E-state index contributed by atoms with van der Waals surface area (Å²) in [6.07, 6.45) is 0.509. The van der Waals surface area contributed by atoms with Crippen LogP contribution in [-0.2, 0) is 4.79 Å². The van der Waals surface area contributed by atoms with Gasteiger partial charge in [-0.25, -0.2) is 0 Å². The molecule has 0 saturated carbocycles. The SMILES string of the molecule is CCC(=O)N[C@H](C)COc1ccccc1C. The van der Waals surface area contributed by atoms with E-state index in [1.807, 2.05) is 45.0 Å². The lowest BCUT2D eigenvalue weighted by atomic mass is 10.2. The van der Waals surface area contributed by atoms with Crippen LogP contribution in [0.2, 0.25) is 0 Å². The van der Waals surface area contributed by atoms with Crippen LogP contribution in [0.3, 0.4) is 0 Å². The summed E-state index contributed by atoms with van der Waals surface area (Å²) in [5.74, 6) is 0.931. The standard InChI is InChI=1S/C13H19NO2/c1-4-13(15)14-11(3)9-16-12-8-6-5-7-10(12)2/h5-8,11H,4,9H2,1-3H3,(H,14,15)/t11-/m1/s1. The molecule has 0 aliphatic rings. The van der Waals surface area contributed by atoms with Gasteiger partial charge >= 0.3 is 0 Å². The highest BCUT2D eigenvalue weighted by molar-refractivity contribution is 5.75. The molecule has 0 heterocycles. The van der Waals surface area contributed by atoms with Crippen molar-refractivity contribution in [2.45, 2.75) is 33.2 Å². The monoisotopic (exact) mass is 221 g/mol. The van der Waals surface area contributed by atoms with E-state index in [1.165, 1.54) is 0 Å². The summed E-state index contributed by atoms with van der Waals surface area (Å²) in [6, 6.07) is 7.89. The van der Waals surface area contributed by atoms with Gasteiger partial charge in [-0.1, -0.05) is 25.1 Å². The molecule has 16 heavy (non-hydrogen) atoms. The van der Waals surface area contributed by atoms with E-state index in [0.717, 1.165) is 11.3 Å². The first kappa shape index (κ1) is 12.6. The molecule has 3 heteroatoms. The summed E-state index contributed by atoms with van der Waals surface area (Å²) in [5.41, 5.74) is 1.11. The first-order valence-electron chi connectivity index (χ1n) is 5.61. The van der Waals surface area contributed by atoms with E-state index in [2.05, 4.69) is 5.32 Å². The van der Waals surface area contributed by atoms with E-state index in [-0.39, 0.29) is 11.9 Å². The highest BCUT2D eigenvalue weighted by atomic mass is 16.5. The number of benzene rings is 1. The number of carbonyl (C=O) groups excluding carboxylic acids is 1. The number of ether oxygens (including phenoxy) is 1. The number of hydrogen-bond donors (Lipinski definition) is 1. The van der Waals surface area contributed by atoms with Crippen LogP contribution in [0, 0.1) is 6.92 Å². The summed E-state index contributed by atoms with van der Waals surface area (Å²) in [7, 11) is 0. The van der Waals surface area contributed by atoms with Crippen molar-refractivity contribution in [1.29, 1.82) is 0 Å². The molecule has 1 amide bonds.